The van der Waals surface area contributed by atoms with Crippen LogP contribution in [0, 0.1) is 0 Å². The summed E-state index contributed by atoms with van der Waals surface area (Å²) in [6.07, 6.45) is -2.76. The van der Waals surface area contributed by atoms with Gasteiger partial charge >= 0.3 is 0 Å². The van der Waals surface area contributed by atoms with E-state index in [9.17, 15) is 20.1 Å². The van der Waals surface area contributed by atoms with Crippen molar-refractivity contribution in [3.05, 3.63) is 23.7 Å². The van der Waals surface area contributed by atoms with Crippen molar-refractivity contribution in [2.24, 2.45) is 11.5 Å². The van der Waals surface area contributed by atoms with Crippen LogP contribution >= 0.6 is 0 Å². The Bertz CT molecular complexity index is 772. The third kappa shape index (κ3) is 6.72. The molecule has 0 aromatic carbocycles. The molecule has 1 saturated carbocycles. The first kappa shape index (κ1) is 28.7. The third-order valence-corrected chi connectivity index (χ3v) is 6.62. The van der Waals surface area contributed by atoms with E-state index in [2.05, 4.69) is 16.0 Å². The van der Waals surface area contributed by atoms with Gasteiger partial charge in [-0.15, -0.1) is 0 Å². The summed E-state index contributed by atoms with van der Waals surface area (Å²) in [5.74, 6) is 0.590. The summed E-state index contributed by atoms with van der Waals surface area (Å²) in [4.78, 5) is 11.2. The van der Waals surface area contributed by atoms with E-state index in [4.69, 9.17) is 35.5 Å². The van der Waals surface area contributed by atoms with Crippen LogP contribution in [0.15, 0.2) is 23.7 Å². The first-order chi connectivity index (χ1) is 17.3. The molecule has 3 aliphatic rings. The minimum Gasteiger partial charge on any atom is -0.515 e. The molecule has 14 heteroatoms. The maximum Gasteiger partial charge on any atom is 0.215 e. The number of hydrogen-bond donors (Lipinski definition) is 9. The predicted octanol–water partition coefficient (Wildman–Crippen LogP) is -3.75. The zero-order chi connectivity index (χ0) is 26.2. The van der Waals surface area contributed by atoms with Crippen molar-refractivity contribution >= 4 is 6.41 Å². The van der Waals surface area contributed by atoms with E-state index in [1.165, 1.54) is 0 Å². The molecular formula is C22H39N5O9. The molecule has 2 heterocycles. The Kier molecular flexibility index (Phi) is 10.9. The molecule has 0 radical (unpaired) electrons. The molecule has 0 bridgehead atoms. The SMILES string of the molecule is CN[C@H]1/C(=C\O)CO[C@H](O[C@H]2[C@H](NC=O)C[C@H](N)C(O[C@H]3OC(CNCCO)=CC[C@H]3N)[C@@H]2O)[C@@H]1O. The van der Waals surface area contributed by atoms with Crippen LogP contribution in [0.3, 0.4) is 0 Å². The summed E-state index contributed by atoms with van der Waals surface area (Å²) >= 11 is 0. The topological polar surface area (TPSA) is 223 Å². The van der Waals surface area contributed by atoms with Gasteiger partial charge in [0.1, 0.15) is 30.2 Å². The molecule has 11 N–H and O–H groups in total. The quantitative estimate of drug-likeness (QED) is 0.0731. The molecular weight excluding hydrogens is 478 g/mol. The number of likely N-dealkylation sites (N-methyl/N-ethyl adjacent to an activating group) is 1. The molecule has 206 valence electrons. The lowest BCUT2D eigenvalue weighted by molar-refractivity contribution is -0.275. The first-order valence-electron chi connectivity index (χ1n) is 12.0. The first-order valence-corrected chi connectivity index (χ1v) is 12.0. The number of amides is 1. The average molecular weight is 518 g/mol. The van der Waals surface area contributed by atoms with E-state index >= 15 is 0 Å². The number of carbonyl (C=O) groups excluding carboxylic acids is 1. The summed E-state index contributed by atoms with van der Waals surface area (Å²) in [5, 5.41) is 48.9. The highest BCUT2D eigenvalue weighted by molar-refractivity contribution is 5.47. The molecule has 1 unspecified atom stereocenters. The minimum atomic E-state index is -1.33. The molecule has 10 atom stereocenters. The van der Waals surface area contributed by atoms with Crippen molar-refractivity contribution in [1.82, 2.24) is 16.0 Å². The number of nitrogens with one attached hydrogen (secondary N) is 3. The molecule has 0 aromatic rings. The minimum absolute atomic E-state index is 0.0119. The number of carbonyl (C=O) groups is 1. The highest BCUT2D eigenvalue weighted by atomic mass is 16.7. The molecule has 36 heavy (non-hydrogen) atoms. The second kappa shape index (κ2) is 13.6. The Labute approximate surface area is 209 Å². The lowest BCUT2D eigenvalue weighted by Gasteiger charge is -2.46. The van der Waals surface area contributed by atoms with Crippen molar-refractivity contribution < 1.29 is 44.2 Å². The Morgan fingerprint density at radius 1 is 1.17 bits per heavy atom. The van der Waals surface area contributed by atoms with Gasteiger partial charge in [-0.05, 0) is 26.0 Å². The molecule has 0 aromatic heterocycles. The van der Waals surface area contributed by atoms with E-state index in [1.807, 2.05) is 6.08 Å². The maximum absolute atomic E-state index is 11.2. The summed E-state index contributed by atoms with van der Waals surface area (Å²) in [6, 6.07) is -2.54. The molecule has 1 aliphatic carbocycles. The molecule has 0 spiro atoms. The summed E-state index contributed by atoms with van der Waals surface area (Å²) in [6.45, 7) is 0.742. The van der Waals surface area contributed by atoms with Crippen molar-refractivity contribution in [3.8, 4) is 0 Å². The predicted molar refractivity (Wildman–Crippen MR) is 126 cm³/mol. The number of aliphatic hydroxyl groups is 4. The normalized spacial score (nSPS) is 40.4. The maximum atomic E-state index is 11.2. The standard InChI is InChI=1S/C22H39N5O9/c1-25-16-11(8-29)9-33-22(17(16)31)36-20-15(27-10-30)6-14(24)19(18(20)32)35-21-13(23)3-2-12(34-21)7-26-4-5-28/h2,8,10,13-22,25-26,28-29,31-32H,3-7,9,23-24H2,1H3,(H,27,30)/b11-8-/t13-,14+,15-,16+,17-,18+,19?,20+,21-,22-/m1/s1. The molecule has 1 saturated heterocycles. The Balaban J connectivity index is 1.71. The van der Waals surface area contributed by atoms with Gasteiger partial charge in [0.2, 0.25) is 12.7 Å². The van der Waals surface area contributed by atoms with Gasteiger partial charge in [0.15, 0.2) is 6.29 Å². The lowest BCUT2D eigenvalue weighted by Crippen LogP contribution is -2.66. The van der Waals surface area contributed by atoms with Gasteiger partial charge in [-0.2, -0.15) is 0 Å². The van der Waals surface area contributed by atoms with Crippen molar-refractivity contribution in [2.75, 3.05) is 33.4 Å². The van der Waals surface area contributed by atoms with E-state index in [-0.39, 0.29) is 19.6 Å². The zero-order valence-corrected chi connectivity index (χ0v) is 20.2. The van der Waals surface area contributed by atoms with Gasteiger partial charge in [-0.3, -0.25) is 4.79 Å². The van der Waals surface area contributed by atoms with Crippen molar-refractivity contribution in [3.63, 3.8) is 0 Å². The van der Waals surface area contributed by atoms with E-state index in [0.29, 0.717) is 37.3 Å². The third-order valence-electron chi connectivity index (χ3n) is 6.62. The highest BCUT2D eigenvalue weighted by Gasteiger charge is 2.49. The van der Waals surface area contributed by atoms with Crippen LogP contribution in [-0.2, 0) is 23.7 Å². The number of nitrogens with two attached hydrogens (primary N) is 2. The van der Waals surface area contributed by atoms with Crippen LogP contribution in [0.1, 0.15) is 12.8 Å². The van der Waals surface area contributed by atoms with Gasteiger partial charge in [0.05, 0.1) is 44.1 Å². The van der Waals surface area contributed by atoms with Gasteiger partial charge in [-0.1, -0.05) is 0 Å². The lowest BCUT2D eigenvalue weighted by atomic mass is 9.83. The van der Waals surface area contributed by atoms with Gasteiger partial charge in [-0.25, -0.2) is 0 Å². The zero-order valence-electron chi connectivity index (χ0n) is 20.2. The van der Waals surface area contributed by atoms with Gasteiger partial charge in [0, 0.05) is 18.2 Å². The largest absolute Gasteiger partial charge is 0.515 e. The van der Waals surface area contributed by atoms with Crippen LogP contribution in [0.2, 0.25) is 0 Å². The van der Waals surface area contributed by atoms with Gasteiger partial charge in [0.25, 0.3) is 0 Å². The Hall–Kier alpha value is -1.85. The molecule has 2 fully saturated rings. The number of aliphatic hydroxyl groups excluding tert-OH is 4. The van der Waals surface area contributed by atoms with Crippen molar-refractivity contribution in [1.29, 1.82) is 0 Å². The van der Waals surface area contributed by atoms with E-state index in [1.54, 1.807) is 7.05 Å². The molecule has 3 rings (SSSR count). The molecule has 14 nitrogen and oxygen atoms in total. The number of ether oxygens (including phenoxy) is 4. The summed E-state index contributed by atoms with van der Waals surface area (Å²) in [7, 11) is 1.62. The Morgan fingerprint density at radius 2 is 1.92 bits per heavy atom. The Morgan fingerprint density at radius 3 is 2.58 bits per heavy atom. The second-order valence-electron chi connectivity index (χ2n) is 9.08. The second-order valence-corrected chi connectivity index (χ2v) is 9.08. The number of hydrogen-bond acceptors (Lipinski definition) is 13. The fourth-order valence-corrected chi connectivity index (χ4v) is 4.69. The summed E-state index contributed by atoms with van der Waals surface area (Å²) in [5.41, 5.74) is 12.9. The van der Waals surface area contributed by atoms with Crippen LogP contribution in [0.25, 0.3) is 0 Å². The molecule has 2 aliphatic heterocycles. The summed E-state index contributed by atoms with van der Waals surface area (Å²) < 4.78 is 23.5. The number of rotatable bonds is 11. The monoisotopic (exact) mass is 517 g/mol. The fraction of sp³-hybridized carbons (Fsp3) is 0.773. The van der Waals surface area contributed by atoms with E-state index in [0.717, 1.165) is 6.26 Å². The van der Waals surface area contributed by atoms with Crippen LogP contribution < -0.4 is 27.4 Å². The fourth-order valence-electron chi connectivity index (χ4n) is 4.69. The van der Waals surface area contributed by atoms with E-state index < -0.39 is 61.2 Å². The van der Waals surface area contributed by atoms with Crippen LogP contribution in [-0.4, -0.2) is 121 Å². The average Bonchev–Trinajstić information content (AvgIpc) is 2.86. The van der Waals surface area contributed by atoms with Crippen LogP contribution in [0.5, 0.6) is 0 Å². The van der Waals surface area contributed by atoms with Crippen LogP contribution in [0.4, 0.5) is 0 Å². The van der Waals surface area contributed by atoms with Gasteiger partial charge < -0.3 is 66.8 Å². The molecule has 1 amide bonds. The van der Waals surface area contributed by atoms with Crippen molar-refractivity contribution in [2.45, 2.75) is 74.0 Å². The smallest absolute Gasteiger partial charge is 0.215 e. The highest BCUT2D eigenvalue weighted by Crippen LogP contribution is 2.31.